The first kappa shape index (κ1) is 24.9. The molecule has 0 atom stereocenters. The minimum absolute atomic E-state index is 1.10. The van der Waals surface area contributed by atoms with E-state index >= 15 is 0 Å². The van der Waals surface area contributed by atoms with E-state index in [-0.39, 0.29) is 0 Å². The molecule has 1 nitrogen and oxygen atoms in total. The van der Waals surface area contributed by atoms with E-state index in [4.69, 9.17) is 4.12 Å². The molecule has 0 radical (unpaired) electrons. The number of hydrogen-bond donors (Lipinski definition) is 0. The molecular weight excluding hydrogens is 457 g/mol. The van der Waals surface area contributed by atoms with Crippen molar-refractivity contribution in [2.24, 2.45) is 0 Å². The molecule has 3 heteroatoms. The lowest BCUT2D eigenvalue weighted by Gasteiger charge is -2.41. The normalized spacial score (nSPS) is 11.8. The van der Waals surface area contributed by atoms with Gasteiger partial charge in [0.25, 0.3) is 8.32 Å². The highest BCUT2D eigenvalue weighted by atomic mass is 28.4. The number of benzene rings is 4. The molecule has 0 fully saturated rings. The van der Waals surface area contributed by atoms with Gasteiger partial charge in [0.1, 0.15) is 0 Å². The van der Waals surface area contributed by atoms with Crippen molar-refractivity contribution in [3.63, 3.8) is 0 Å². The van der Waals surface area contributed by atoms with Crippen molar-refractivity contribution in [2.75, 3.05) is 0 Å². The molecule has 0 spiro atoms. The predicted octanol–water partition coefficient (Wildman–Crippen LogP) is 5.69. The quantitative estimate of drug-likeness (QED) is 0.228. The molecule has 0 aliphatic rings. The highest BCUT2D eigenvalue weighted by Gasteiger charge is 2.48. The van der Waals surface area contributed by atoms with Gasteiger partial charge in [-0.25, -0.2) is 0 Å². The van der Waals surface area contributed by atoms with Gasteiger partial charge in [-0.3, -0.25) is 0 Å². The van der Waals surface area contributed by atoms with Crippen LogP contribution in [0.15, 0.2) is 110 Å². The third-order valence-corrected chi connectivity index (χ3v) is 15.6. The fraction of sp³-hybridized carbons (Fsp3) is 0.125. The van der Waals surface area contributed by atoms with Crippen LogP contribution >= 0.6 is 0 Å². The largest absolute Gasteiger partial charge is 0.442 e. The van der Waals surface area contributed by atoms with E-state index in [1.54, 1.807) is 0 Å². The molecule has 0 unspecified atom stereocenters. The van der Waals surface area contributed by atoms with Crippen LogP contribution < -0.4 is 20.7 Å². The topological polar surface area (TPSA) is 9.23 Å². The third-order valence-electron chi connectivity index (χ3n) is 7.02. The Morgan fingerprint density at radius 1 is 0.629 bits per heavy atom. The Morgan fingerprint density at radius 3 is 1.51 bits per heavy atom. The standard InChI is InChI=1S/C32H34OSi2/c1-7-27-24-32(26(4)25(3)31(27)8-2)35(29-20-14-10-15-21-29,30-22-16-11-17-23-30)33-34(5,6)28-18-12-9-13-19-28/h7-24H,1-2H2,3-6H3. The van der Waals surface area contributed by atoms with Crippen molar-refractivity contribution in [3.05, 3.63) is 132 Å². The summed E-state index contributed by atoms with van der Waals surface area (Å²) in [5.74, 6) is 0. The van der Waals surface area contributed by atoms with E-state index in [9.17, 15) is 0 Å². The van der Waals surface area contributed by atoms with E-state index in [1.165, 1.54) is 31.9 Å². The zero-order valence-electron chi connectivity index (χ0n) is 21.2. The fourth-order valence-electron chi connectivity index (χ4n) is 5.04. The minimum Gasteiger partial charge on any atom is -0.442 e. The Labute approximate surface area is 212 Å². The van der Waals surface area contributed by atoms with Crippen LogP contribution in [0.5, 0.6) is 0 Å². The van der Waals surface area contributed by atoms with Gasteiger partial charge in [-0.05, 0) is 69.9 Å². The Balaban J connectivity index is 2.13. The average Bonchev–Trinajstić information content (AvgIpc) is 2.90. The summed E-state index contributed by atoms with van der Waals surface area (Å²) in [5, 5.41) is 5.09. The first-order valence-corrected chi connectivity index (χ1v) is 16.9. The summed E-state index contributed by atoms with van der Waals surface area (Å²) in [5.41, 5.74) is 4.75. The van der Waals surface area contributed by atoms with Crippen LogP contribution in [0.1, 0.15) is 22.3 Å². The Hall–Kier alpha value is -3.25. The highest BCUT2D eigenvalue weighted by Crippen LogP contribution is 2.25. The number of rotatable bonds is 8. The molecule has 0 aliphatic carbocycles. The second-order valence-electron chi connectivity index (χ2n) is 9.48. The van der Waals surface area contributed by atoms with Crippen LogP contribution in [0.25, 0.3) is 12.2 Å². The van der Waals surface area contributed by atoms with Gasteiger partial charge in [0.05, 0.1) is 0 Å². The monoisotopic (exact) mass is 490 g/mol. The molecule has 0 aliphatic heterocycles. The van der Waals surface area contributed by atoms with Crippen LogP contribution in [-0.2, 0) is 4.12 Å². The summed E-state index contributed by atoms with van der Waals surface area (Å²) < 4.78 is 7.70. The SMILES string of the molecule is C=Cc1cc([Si](O[Si](C)(C)c2ccccc2)(c2ccccc2)c2ccccc2)c(C)c(C)c1C=C. The average molecular weight is 491 g/mol. The maximum absolute atomic E-state index is 7.70. The Bertz CT molecular complexity index is 1290. The highest BCUT2D eigenvalue weighted by molar-refractivity contribution is 7.12. The lowest BCUT2D eigenvalue weighted by Crippen LogP contribution is -2.74. The molecule has 0 N–H and O–H groups in total. The molecule has 4 aromatic rings. The first-order chi connectivity index (χ1) is 16.8. The molecule has 0 bridgehead atoms. The Morgan fingerprint density at radius 2 is 1.09 bits per heavy atom. The van der Waals surface area contributed by atoms with Gasteiger partial charge in [-0.1, -0.05) is 122 Å². The van der Waals surface area contributed by atoms with Gasteiger partial charge in [0.2, 0.25) is 8.32 Å². The second kappa shape index (κ2) is 10.2. The number of hydrogen-bond acceptors (Lipinski definition) is 1. The molecule has 4 aromatic carbocycles. The smallest absolute Gasteiger partial charge is 0.278 e. The first-order valence-electron chi connectivity index (χ1n) is 12.1. The minimum atomic E-state index is -2.92. The van der Waals surface area contributed by atoms with E-state index in [1.807, 2.05) is 12.2 Å². The summed E-state index contributed by atoms with van der Waals surface area (Å²) in [4.78, 5) is 0. The molecule has 0 amide bonds. The molecule has 176 valence electrons. The van der Waals surface area contributed by atoms with Crippen LogP contribution in [0, 0.1) is 13.8 Å². The van der Waals surface area contributed by atoms with Crippen LogP contribution in [-0.4, -0.2) is 16.6 Å². The van der Waals surface area contributed by atoms with E-state index in [0.29, 0.717) is 0 Å². The van der Waals surface area contributed by atoms with Gasteiger partial charge >= 0.3 is 0 Å². The van der Waals surface area contributed by atoms with Gasteiger partial charge < -0.3 is 4.12 Å². The fourth-order valence-corrected chi connectivity index (χ4v) is 14.3. The Kier molecular flexibility index (Phi) is 7.22. The van der Waals surface area contributed by atoms with Crippen LogP contribution in [0.3, 0.4) is 0 Å². The van der Waals surface area contributed by atoms with Gasteiger partial charge in [0.15, 0.2) is 0 Å². The third kappa shape index (κ3) is 4.55. The van der Waals surface area contributed by atoms with E-state index < -0.39 is 16.6 Å². The lowest BCUT2D eigenvalue weighted by atomic mass is 9.97. The summed E-state index contributed by atoms with van der Waals surface area (Å²) in [6.45, 7) is 17.3. The van der Waals surface area contributed by atoms with Crippen LogP contribution in [0.2, 0.25) is 13.1 Å². The summed E-state index contributed by atoms with van der Waals surface area (Å²) in [6.07, 6.45) is 3.89. The molecule has 35 heavy (non-hydrogen) atoms. The van der Waals surface area contributed by atoms with Crippen molar-refractivity contribution in [1.29, 1.82) is 0 Å². The lowest BCUT2D eigenvalue weighted by molar-refractivity contribution is 0.586. The van der Waals surface area contributed by atoms with Crippen molar-refractivity contribution < 1.29 is 4.12 Å². The van der Waals surface area contributed by atoms with Crippen molar-refractivity contribution in [2.45, 2.75) is 26.9 Å². The van der Waals surface area contributed by atoms with Gasteiger partial charge in [0, 0.05) is 0 Å². The summed E-state index contributed by atoms with van der Waals surface area (Å²) >= 11 is 0. The predicted molar refractivity (Wildman–Crippen MR) is 158 cm³/mol. The summed E-state index contributed by atoms with van der Waals surface area (Å²) in [7, 11) is -5.26. The van der Waals surface area contributed by atoms with E-state index in [2.05, 4.69) is 137 Å². The zero-order valence-corrected chi connectivity index (χ0v) is 23.2. The maximum Gasteiger partial charge on any atom is 0.278 e. The maximum atomic E-state index is 7.70. The summed E-state index contributed by atoms with van der Waals surface area (Å²) in [6, 6.07) is 34.8. The van der Waals surface area contributed by atoms with Gasteiger partial charge in [-0.2, -0.15) is 0 Å². The molecule has 0 saturated carbocycles. The van der Waals surface area contributed by atoms with Crippen molar-refractivity contribution in [3.8, 4) is 0 Å². The molecule has 0 heterocycles. The molecule has 4 rings (SSSR count). The van der Waals surface area contributed by atoms with Crippen molar-refractivity contribution >= 4 is 49.5 Å². The second-order valence-corrected chi connectivity index (χ2v) is 16.9. The van der Waals surface area contributed by atoms with Crippen LogP contribution in [0.4, 0.5) is 0 Å². The molecule has 0 aromatic heterocycles. The van der Waals surface area contributed by atoms with Gasteiger partial charge in [-0.15, -0.1) is 0 Å². The van der Waals surface area contributed by atoms with E-state index in [0.717, 1.165) is 11.1 Å². The molecule has 0 saturated heterocycles. The molecular formula is C32H34OSi2. The van der Waals surface area contributed by atoms with Crippen molar-refractivity contribution in [1.82, 2.24) is 0 Å². The zero-order chi connectivity index (χ0) is 25.1.